The summed E-state index contributed by atoms with van der Waals surface area (Å²) in [5.41, 5.74) is 9.04. The van der Waals surface area contributed by atoms with Gasteiger partial charge in [-0.2, -0.15) is 10.5 Å². The third-order valence-electron chi connectivity index (χ3n) is 4.57. The summed E-state index contributed by atoms with van der Waals surface area (Å²) < 4.78 is 0. The number of benzene rings is 1. The molecule has 2 amide bonds. The van der Waals surface area contributed by atoms with E-state index in [0.29, 0.717) is 27.6 Å². The van der Waals surface area contributed by atoms with Gasteiger partial charge in [-0.3, -0.25) is 14.6 Å². The van der Waals surface area contributed by atoms with E-state index in [2.05, 4.69) is 26.7 Å². The molecule has 3 aromatic rings. The normalized spacial score (nSPS) is 10.1. The fraction of sp³-hybridized carbons (Fsp3) is 0.130. The summed E-state index contributed by atoms with van der Waals surface area (Å²) in [4.78, 5) is 31.4. The third kappa shape index (κ3) is 5.26. The van der Waals surface area contributed by atoms with E-state index >= 15 is 0 Å². The Morgan fingerprint density at radius 3 is 2.42 bits per heavy atom. The summed E-state index contributed by atoms with van der Waals surface area (Å²) in [6.45, 7) is 1.41. The predicted octanol–water partition coefficient (Wildman–Crippen LogP) is 3.08. The first-order chi connectivity index (χ1) is 15.9. The number of nitrogen functional groups attached to an aromatic ring is 1. The molecule has 2 aromatic heterocycles. The molecule has 10 heteroatoms. The highest BCUT2D eigenvalue weighted by Crippen LogP contribution is 2.37. The largest absolute Gasteiger partial charge is 0.383 e. The van der Waals surface area contributed by atoms with E-state index in [1.165, 1.54) is 31.9 Å². The number of nitriles is 2. The van der Waals surface area contributed by atoms with E-state index in [1.54, 1.807) is 36.4 Å². The molecule has 0 spiro atoms. The Labute approximate surface area is 194 Å². The number of nitrogens with zero attached hydrogens (tertiary/aromatic N) is 4. The molecule has 0 unspecified atom stereocenters. The molecule has 0 saturated heterocycles. The zero-order chi connectivity index (χ0) is 24.0. The molecule has 0 aliphatic heterocycles. The van der Waals surface area contributed by atoms with E-state index in [-0.39, 0.29) is 34.5 Å². The Morgan fingerprint density at radius 2 is 1.82 bits per heavy atom. The Hall–Kier alpha value is -4.41. The Bertz CT molecular complexity index is 1310. The van der Waals surface area contributed by atoms with Crippen LogP contribution >= 0.6 is 11.8 Å². The Kier molecular flexibility index (Phi) is 7.24. The number of amides is 2. The Balaban J connectivity index is 2.00. The fourth-order valence-electron chi connectivity index (χ4n) is 3.08. The first-order valence-electron chi connectivity index (χ1n) is 9.69. The van der Waals surface area contributed by atoms with Crippen LogP contribution in [0.1, 0.15) is 34.1 Å². The molecule has 0 aliphatic rings. The maximum absolute atomic E-state index is 11.8. The van der Waals surface area contributed by atoms with Crippen molar-refractivity contribution in [2.24, 2.45) is 0 Å². The predicted molar refractivity (Wildman–Crippen MR) is 125 cm³/mol. The summed E-state index contributed by atoms with van der Waals surface area (Å²) in [6, 6.07) is 14.4. The van der Waals surface area contributed by atoms with Gasteiger partial charge in [0.1, 0.15) is 34.2 Å². The molecule has 2 heterocycles. The molecule has 0 aliphatic carbocycles. The SMILES string of the molecule is CNC(=O)c1cc(CSc2nc(N)c(C#N)c(-c3ccc(NC(C)=O)cc3)c2C#N)ccn1. The van der Waals surface area contributed by atoms with Crippen molar-refractivity contribution in [3.63, 3.8) is 0 Å². The molecular weight excluding hydrogens is 438 g/mol. The van der Waals surface area contributed by atoms with Crippen LogP contribution in [0.15, 0.2) is 47.6 Å². The van der Waals surface area contributed by atoms with Gasteiger partial charge in [-0.25, -0.2) is 4.98 Å². The number of thioether (sulfide) groups is 1. The number of carbonyl (C=O) groups excluding carboxylic acids is 2. The van der Waals surface area contributed by atoms with Crippen molar-refractivity contribution in [3.8, 4) is 23.3 Å². The molecule has 3 rings (SSSR count). The first-order valence-corrected chi connectivity index (χ1v) is 10.7. The van der Waals surface area contributed by atoms with Crippen LogP contribution in [-0.2, 0) is 10.5 Å². The summed E-state index contributed by atoms with van der Waals surface area (Å²) >= 11 is 1.27. The van der Waals surface area contributed by atoms with Gasteiger partial charge in [-0.1, -0.05) is 12.1 Å². The molecule has 33 heavy (non-hydrogen) atoms. The number of hydrogen-bond acceptors (Lipinski definition) is 8. The molecule has 164 valence electrons. The second-order valence-electron chi connectivity index (χ2n) is 6.83. The van der Waals surface area contributed by atoms with Gasteiger partial charge in [0, 0.05) is 37.2 Å². The van der Waals surface area contributed by atoms with Crippen LogP contribution in [-0.4, -0.2) is 28.8 Å². The quantitative estimate of drug-likeness (QED) is 0.476. The molecule has 1 aromatic carbocycles. The number of nitrogens with two attached hydrogens (primary N) is 1. The lowest BCUT2D eigenvalue weighted by molar-refractivity contribution is -0.114. The summed E-state index contributed by atoms with van der Waals surface area (Å²) in [7, 11) is 1.53. The summed E-state index contributed by atoms with van der Waals surface area (Å²) in [5.74, 6) is -0.0906. The van der Waals surface area contributed by atoms with E-state index < -0.39 is 0 Å². The van der Waals surface area contributed by atoms with Crippen LogP contribution < -0.4 is 16.4 Å². The van der Waals surface area contributed by atoms with Gasteiger partial charge in [-0.05, 0) is 35.4 Å². The second kappa shape index (κ2) is 10.3. The average Bonchev–Trinajstić information content (AvgIpc) is 2.82. The zero-order valence-electron chi connectivity index (χ0n) is 17.8. The minimum Gasteiger partial charge on any atom is -0.383 e. The van der Waals surface area contributed by atoms with Crippen molar-refractivity contribution >= 4 is 35.1 Å². The van der Waals surface area contributed by atoms with Crippen LogP contribution in [0.5, 0.6) is 0 Å². The maximum Gasteiger partial charge on any atom is 0.269 e. The van der Waals surface area contributed by atoms with Gasteiger partial charge in [-0.15, -0.1) is 11.8 Å². The molecule has 0 radical (unpaired) electrons. The zero-order valence-corrected chi connectivity index (χ0v) is 18.7. The number of nitrogens with one attached hydrogen (secondary N) is 2. The number of aromatic nitrogens is 2. The minimum absolute atomic E-state index is 0.0146. The van der Waals surface area contributed by atoms with Crippen molar-refractivity contribution < 1.29 is 9.59 Å². The molecule has 9 nitrogen and oxygen atoms in total. The van der Waals surface area contributed by atoms with E-state index in [4.69, 9.17) is 5.73 Å². The third-order valence-corrected chi connectivity index (χ3v) is 5.62. The molecule has 0 atom stereocenters. The van der Waals surface area contributed by atoms with Gasteiger partial charge >= 0.3 is 0 Å². The second-order valence-corrected chi connectivity index (χ2v) is 7.79. The highest BCUT2D eigenvalue weighted by molar-refractivity contribution is 7.98. The van der Waals surface area contributed by atoms with Crippen molar-refractivity contribution in [1.29, 1.82) is 10.5 Å². The van der Waals surface area contributed by atoms with Crippen LogP contribution in [0.3, 0.4) is 0 Å². The monoisotopic (exact) mass is 457 g/mol. The van der Waals surface area contributed by atoms with Crippen LogP contribution in [0.2, 0.25) is 0 Å². The van der Waals surface area contributed by atoms with Crippen LogP contribution in [0.4, 0.5) is 11.5 Å². The van der Waals surface area contributed by atoms with Gasteiger partial charge in [0.05, 0.1) is 5.56 Å². The topological polar surface area (TPSA) is 158 Å². The number of pyridine rings is 2. The van der Waals surface area contributed by atoms with E-state index in [1.807, 2.05) is 6.07 Å². The summed E-state index contributed by atoms with van der Waals surface area (Å²) in [5, 5.41) is 25.2. The molecule has 0 saturated carbocycles. The Morgan fingerprint density at radius 1 is 1.12 bits per heavy atom. The van der Waals surface area contributed by atoms with Crippen molar-refractivity contribution in [2.75, 3.05) is 18.1 Å². The highest BCUT2D eigenvalue weighted by atomic mass is 32.2. The van der Waals surface area contributed by atoms with Gasteiger partial charge in [0.25, 0.3) is 5.91 Å². The number of hydrogen-bond donors (Lipinski definition) is 3. The lowest BCUT2D eigenvalue weighted by Gasteiger charge is -2.13. The van der Waals surface area contributed by atoms with E-state index in [0.717, 1.165) is 5.56 Å². The van der Waals surface area contributed by atoms with Crippen molar-refractivity contribution in [1.82, 2.24) is 15.3 Å². The molecule has 0 fully saturated rings. The number of rotatable bonds is 6. The van der Waals surface area contributed by atoms with Gasteiger partial charge in [0.2, 0.25) is 5.91 Å². The summed E-state index contributed by atoms with van der Waals surface area (Å²) in [6.07, 6.45) is 1.54. The van der Waals surface area contributed by atoms with E-state index in [9.17, 15) is 20.1 Å². The van der Waals surface area contributed by atoms with Gasteiger partial charge < -0.3 is 16.4 Å². The molecule has 4 N–H and O–H groups in total. The lowest BCUT2D eigenvalue weighted by Crippen LogP contribution is -2.19. The van der Waals surface area contributed by atoms with Gasteiger partial charge in [0.15, 0.2) is 0 Å². The standard InChI is InChI=1S/C23H19N7O2S/c1-13(31)29-16-5-3-15(4-6-16)20-17(10-24)21(26)30-23(18(20)11-25)33-12-14-7-8-28-19(9-14)22(32)27-2/h3-9H,12H2,1-2H3,(H2,26,30)(H,27,32)(H,29,31). The lowest BCUT2D eigenvalue weighted by atomic mass is 9.96. The maximum atomic E-state index is 11.8. The van der Waals surface area contributed by atoms with Crippen LogP contribution in [0, 0.1) is 22.7 Å². The number of anilines is 2. The van der Waals surface area contributed by atoms with Crippen LogP contribution in [0.25, 0.3) is 11.1 Å². The highest BCUT2D eigenvalue weighted by Gasteiger charge is 2.21. The van der Waals surface area contributed by atoms with Crippen molar-refractivity contribution in [3.05, 3.63) is 65.0 Å². The fourth-order valence-corrected chi connectivity index (χ4v) is 4.02. The minimum atomic E-state index is -0.301. The first kappa shape index (κ1) is 23.3. The van der Waals surface area contributed by atoms with Crippen molar-refractivity contribution in [2.45, 2.75) is 17.7 Å². The molecule has 0 bridgehead atoms. The molecular formula is C23H19N7O2S. The average molecular weight is 458 g/mol. The smallest absolute Gasteiger partial charge is 0.269 e. The number of carbonyl (C=O) groups is 2.